The van der Waals surface area contributed by atoms with Gasteiger partial charge in [-0.25, -0.2) is 4.98 Å². The first-order valence-electron chi connectivity index (χ1n) is 9.45. The van der Waals surface area contributed by atoms with Crippen LogP contribution in [0.1, 0.15) is 62.5 Å². The largest absolute Gasteiger partial charge is 0.352 e. The van der Waals surface area contributed by atoms with Crippen LogP contribution in [0.3, 0.4) is 0 Å². The van der Waals surface area contributed by atoms with Crippen molar-refractivity contribution in [3.63, 3.8) is 0 Å². The highest BCUT2D eigenvalue weighted by atomic mass is 16.1. The number of carbonyl (C=O) groups excluding carboxylic acids is 1. The van der Waals surface area contributed by atoms with Gasteiger partial charge in [0, 0.05) is 25.0 Å². The number of imidazole rings is 1. The Morgan fingerprint density at radius 2 is 2.00 bits per heavy atom. The minimum Gasteiger partial charge on any atom is -0.352 e. The number of likely N-dealkylation sites (tertiary alicyclic amines) is 1. The summed E-state index contributed by atoms with van der Waals surface area (Å²) in [5.74, 6) is 0.907. The van der Waals surface area contributed by atoms with Gasteiger partial charge in [-0.2, -0.15) is 0 Å². The van der Waals surface area contributed by atoms with Gasteiger partial charge in [-0.1, -0.05) is 13.8 Å². The van der Waals surface area contributed by atoms with E-state index in [0.29, 0.717) is 23.4 Å². The molecule has 3 rings (SSSR count). The maximum absolute atomic E-state index is 12.7. The zero-order valence-corrected chi connectivity index (χ0v) is 15.8. The number of piperidine rings is 1. The van der Waals surface area contributed by atoms with Gasteiger partial charge in [0.1, 0.15) is 5.65 Å². The highest BCUT2D eigenvalue weighted by Crippen LogP contribution is 2.19. The Morgan fingerprint density at radius 1 is 1.28 bits per heavy atom. The van der Waals surface area contributed by atoms with E-state index in [1.165, 1.54) is 0 Å². The smallest absolute Gasteiger partial charge is 0.255 e. The van der Waals surface area contributed by atoms with E-state index in [1.54, 1.807) is 0 Å². The van der Waals surface area contributed by atoms with Crippen molar-refractivity contribution in [3.8, 4) is 0 Å². The minimum atomic E-state index is -0.0159. The molecule has 0 atom stereocenters. The summed E-state index contributed by atoms with van der Waals surface area (Å²) in [4.78, 5) is 19.8. The zero-order chi connectivity index (χ0) is 18.0. The van der Waals surface area contributed by atoms with Gasteiger partial charge < -0.3 is 14.6 Å². The number of aromatic nitrogens is 2. The Balaban J connectivity index is 1.63. The summed E-state index contributed by atoms with van der Waals surface area (Å²) in [6.45, 7) is 11.7. The topological polar surface area (TPSA) is 49.6 Å². The van der Waals surface area contributed by atoms with Crippen LogP contribution in [0, 0.1) is 5.92 Å². The van der Waals surface area contributed by atoms with E-state index in [0.717, 1.165) is 43.8 Å². The second-order valence-corrected chi connectivity index (χ2v) is 7.76. The zero-order valence-electron chi connectivity index (χ0n) is 15.8. The molecular formula is C20H30N4O. The number of rotatable bonds is 5. The van der Waals surface area contributed by atoms with Crippen LogP contribution in [-0.4, -0.2) is 45.9 Å². The Bertz CT molecular complexity index is 726. The van der Waals surface area contributed by atoms with Gasteiger partial charge in [0.15, 0.2) is 0 Å². The molecule has 0 aromatic carbocycles. The molecule has 0 spiro atoms. The molecule has 5 nitrogen and oxygen atoms in total. The third-order valence-corrected chi connectivity index (χ3v) is 5.27. The molecule has 0 radical (unpaired) electrons. The molecule has 25 heavy (non-hydrogen) atoms. The first-order valence-corrected chi connectivity index (χ1v) is 9.45. The van der Waals surface area contributed by atoms with Crippen molar-refractivity contribution in [2.45, 2.75) is 52.5 Å². The van der Waals surface area contributed by atoms with E-state index in [4.69, 9.17) is 0 Å². The third-order valence-electron chi connectivity index (χ3n) is 5.27. The van der Waals surface area contributed by atoms with E-state index in [1.807, 2.05) is 28.9 Å². The lowest BCUT2D eigenvalue weighted by molar-refractivity contribution is 0.0931. The van der Waals surface area contributed by atoms with Gasteiger partial charge in [0.05, 0.1) is 11.3 Å². The van der Waals surface area contributed by atoms with Crippen LogP contribution in [0.15, 0.2) is 24.5 Å². The monoisotopic (exact) mass is 342 g/mol. The molecule has 1 aliphatic heterocycles. The van der Waals surface area contributed by atoms with Crippen LogP contribution in [0.4, 0.5) is 0 Å². The fourth-order valence-electron chi connectivity index (χ4n) is 3.49. The minimum absolute atomic E-state index is 0.0159. The van der Waals surface area contributed by atoms with E-state index in [2.05, 4.69) is 42.9 Å². The molecule has 3 heterocycles. The van der Waals surface area contributed by atoms with Crippen molar-refractivity contribution in [1.82, 2.24) is 19.6 Å². The van der Waals surface area contributed by atoms with Crippen LogP contribution in [0.5, 0.6) is 0 Å². The van der Waals surface area contributed by atoms with Crippen molar-refractivity contribution < 1.29 is 4.79 Å². The van der Waals surface area contributed by atoms with Crippen LogP contribution < -0.4 is 5.32 Å². The number of nitrogens with one attached hydrogen (secondary N) is 1. The summed E-state index contributed by atoms with van der Waals surface area (Å²) >= 11 is 0. The average molecular weight is 342 g/mol. The molecule has 0 saturated carbocycles. The predicted octanol–water partition coefficient (Wildman–Crippen LogP) is 3.31. The molecule has 1 aliphatic rings. The second-order valence-electron chi connectivity index (χ2n) is 7.76. The summed E-state index contributed by atoms with van der Waals surface area (Å²) in [5.41, 5.74) is 2.42. The third kappa shape index (κ3) is 4.03. The molecule has 1 saturated heterocycles. The number of pyridine rings is 1. The summed E-state index contributed by atoms with van der Waals surface area (Å²) in [5, 5.41) is 3.13. The van der Waals surface area contributed by atoms with Crippen LogP contribution >= 0.6 is 0 Å². The second kappa shape index (κ2) is 7.56. The van der Waals surface area contributed by atoms with Crippen molar-refractivity contribution in [1.29, 1.82) is 0 Å². The molecule has 0 aliphatic carbocycles. The number of fused-ring (bicyclic) bond motifs is 1. The van der Waals surface area contributed by atoms with E-state index in [-0.39, 0.29) is 5.91 Å². The first-order chi connectivity index (χ1) is 12.0. The summed E-state index contributed by atoms with van der Waals surface area (Å²) in [6, 6.07) is 4.39. The summed E-state index contributed by atoms with van der Waals surface area (Å²) in [6.07, 6.45) is 6.28. The van der Waals surface area contributed by atoms with E-state index in [9.17, 15) is 4.79 Å². The van der Waals surface area contributed by atoms with Crippen molar-refractivity contribution in [3.05, 3.63) is 35.8 Å². The molecule has 136 valence electrons. The van der Waals surface area contributed by atoms with Crippen LogP contribution in [0.2, 0.25) is 0 Å². The lowest BCUT2D eigenvalue weighted by Crippen LogP contribution is -2.41. The number of carbonyl (C=O) groups is 1. The highest BCUT2D eigenvalue weighted by molar-refractivity contribution is 5.99. The van der Waals surface area contributed by atoms with Gasteiger partial charge in [0.25, 0.3) is 5.91 Å². The Morgan fingerprint density at radius 3 is 2.64 bits per heavy atom. The van der Waals surface area contributed by atoms with Crippen molar-refractivity contribution >= 4 is 11.6 Å². The number of hydrogen-bond donors (Lipinski definition) is 1. The van der Waals surface area contributed by atoms with E-state index < -0.39 is 0 Å². The summed E-state index contributed by atoms with van der Waals surface area (Å²) < 4.78 is 1.95. The SMILES string of the molecule is CC(C)c1cn2cccc(C(=O)NCC3CCN(C(C)C)CC3)c2n1. The lowest BCUT2D eigenvalue weighted by atomic mass is 9.96. The van der Waals surface area contributed by atoms with Gasteiger partial charge in [-0.15, -0.1) is 0 Å². The normalized spacial score (nSPS) is 16.9. The molecule has 1 amide bonds. The Labute approximate surface area is 150 Å². The van der Waals surface area contributed by atoms with Gasteiger partial charge in [-0.3, -0.25) is 4.79 Å². The molecule has 1 N–H and O–H groups in total. The van der Waals surface area contributed by atoms with Crippen molar-refractivity contribution in [2.75, 3.05) is 19.6 Å². The molecule has 2 aromatic heterocycles. The number of hydrogen-bond acceptors (Lipinski definition) is 3. The quantitative estimate of drug-likeness (QED) is 0.907. The fourth-order valence-corrected chi connectivity index (χ4v) is 3.49. The molecular weight excluding hydrogens is 312 g/mol. The fraction of sp³-hybridized carbons (Fsp3) is 0.600. The van der Waals surface area contributed by atoms with Crippen molar-refractivity contribution in [2.24, 2.45) is 5.92 Å². The van der Waals surface area contributed by atoms with Gasteiger partial charge >= 0.3 is 0 Å². The number of amides is 1. The number of nitrogens with zero attached hydrogens (tertiary/aromatic N) is 3. The Kier molecular flexibility index (Phi) is 5.42. The Hall–Kier alpha value is -1.88. The van der Waals surface area contributed by atoms with Crippen LogP contribution in [-0.2, 0) is 0 Å². The molecule has 5 heteroatoms. The van der Waals surface area contributed by atoms with Crippen LogP contribution in [0.25, 0.3) is 5.65 Å². The molecule has 2 aromatic rings. The standard InChI is InChI=1S/C20H30N4O/c1-14(2)18-13-24-9-5-6-17(19(24)22-18)20(25)21-12-16-7-10-23(11-8-16)15(3)4/h5-6,9,13-16H,7-8,10-12H2,1-4H3,(H,21,25). The molecule has 1 fully saturated rings. The van der Waals surface area contributed by atoms with Gasteiger partial charge in [0.2, 0.25) is 0 Å². The molecule has 0 bridgehead atoms. The molecule has 0 unspecified atom stereocenters. The summed E-state index contributed by atoms with van der Waals surface area (Å²) in [7, 11) is 0. The van der Waals surface area contributed by atoms with Gasteiger partial charge in [-0.05, 0) is 63.7 Å². The van der Waals surface area contributed by atoms with E-state index >= 15 is 0 Å². The first kappa shape index (κ1) is 17.9. The predicted molar refractivity (Wildman–Crippen MR) is 101 cm³/mol. The maximum atomic E-state index is 12.7. The highest BCUT2D eigenvalue weighted by Gasteiger charge is 2.22. The maximum Gasteiger partial charge on any atom is 0.255 e. The average Bonchev–Trinajstić information content (AvgIpc) is 3.04. The lowest BCUT2D eigenvalue weighted by Gasteiger charge is -2.34.